The third-order valence-electron chi connectivity index (χ3n) is 3.69. The first kappa shape index (κ1) is 12.4. The number of hydrogen-bond donors (Lipinski definition) is 0. The zero-order valence-corrected chi connectivity index (χ0v) is 10.8. The zero-order valence-electron chi connectivity index (χ0n) is 10.8. The lowest BCUT2D eigenvalue weighted by Gasteiger charge is -2.38. The molecule has 0 aromatic carbocycles. The van der Waals surface area contributed by atoms with E-state index in [4.69, 9.17) is 0 Å². The molecule has 0 aromatic rings. The summed E-state index contributed by atoms with van der Waals surface area (Å²) in [4.78, 5) is 27.3. The second-order valence-electron chi connectivity index (χ2n) is 5.69. The molecule has 1 saturated carbocycles. The van der Waals surface area contributed by atoms with Crippen molar-refractivity contribution in [2.75, 3.05) is 26.2 Å². The minimum atomic E-state index is -0.302. The van der Waals surface area contributed by atoms with E-state index < -0.39 is 0 Å². The third-order valence-corrected chi connectivity index (χ3v) is 3.69. The van der Waals surface area contributed by atoms with Crippen molar-refractivity contribution in [1.82, 2.24) is 9.80 Å². The highest BCUT2D eigenvalue weighted by Gasteiger charge is 2.34. The molecule has 0 aromatic heterocycles. The van der Waals surface area contributed by atoms with E-state index in [2.05, 4.69) is 13.8 Å². The van der Waals surface area contributed by atoms with Crippen LogP contribution in [0.4, 0.5) is 0 Å². The van der Waals surface area contributed by atoms with Gasteiger partial charge in [-0.15, -0.1) is 0 Å². The molecule has 1 aliphatic carbocycles. The van der Waals surface area contributed by atoms with Crippen LogP contribution < -0.4 is 0 Å². The summed E-state index contributed by atoms with van der Waals surface area (Å²) < 4.78 is 0. The summed E-state index contributed by atoms with van der Waals surface area (Å²) in [5, 5.41) is 0. The maximum atomic E-state index is 11.9. The van der Waals surface area contributed by atoms with E-state index >= 15 is 0 Å². The van der Waals surface area contributed by atoms with Gasteiger partial charge in [0.25, 0.3) is 0 Å². The van der Waals surface area contributed by atoms with Crippen LogP contribution in [0.25, 0.3) is 0 Å². The van der Waals surface area contributed by atoms with Crippen molar-refractivity contribution >= 4 is 11.8 Å². The molecule has 2 amide bonds. The first-order chi connectivity index (χ1) is 8.08. The Morgan fingerprint density at radius 1 is 1.12 bits per heavy atom. The fourth-order valence-electron chi connectivity index (χ4n) is 2.49. The van der Waals surface area contributed by atoms with Crippen LogP contribution in [0.15, 0.2) is 0 Å². The summed E-state index contributed by atoms with van der Waals surface area (Å²) in [7, 11) is 0. The minimum absolute atomic E-state index is 0.288. The predicted octanol–water partition coefficient (Wildman–Crippen LogP) is 1.11. The van der Waals surface area contributed by atoms with Crippen molar-refractivity contribution in [1.29, 1.82) is 0 Å². The van der Waals surface area contributed by atoms with E-state index in [1.165, 1.54) is 19.3 Å². The van der Waals surface area contributed by atoms with Crippen LogP contribution in [-0.2, 0) is 9.59 Å². The van der Waals surface area contributed by atoms with Gasteiger partial charge in [-0.1, -0.05) is 20.3 Å². The van der Waals surface area contributed by atoms with Crippen LogP contribution in [-0.4, -0.2) is 47.8 Å². The summed E-state index contributed by atoms with van der Waals surface area (Å²) in [6.45, 7) is 7.04. The molecule has 1 aliphatic heterocycles. The SMILES string of the molecule is CC(C)CN1CCN(CC2CCC2)C(=O)C1=O. The molecular weight excluding hydrogens is 216 g/mol. The molecule has 2 aliphatic rings. The molecule has 17 heavy (non-hydrogen) atoms. The fraction of sp³-hybridized carbons (Fsp3) is 0.846. The summed E-state index contributed by atoms with van der Waals surface area (Å²) >= 11 is 0. The van der Waals surface area contributed by atoms with Crippen molar-refractivity contribution in [3.05, 3.63) is 0 Å². The third kappa shape index (κ3) is 2.79. The number of rotatable bonds is 4. The topological polar surface area (TPSA) is 40.6 Å². The van der Waals surface area contributed by atoms with E-state index in [0.717, 1.165) is 6.54 Å². The van der Waals surface area contributed by atoms with Crippen LogP contribution in [0.3, 0.4) is 0 Å². The highest BCUT2D eigenvalue weighted by Crippen LogP contribution is 2.27. The first-order valence-electron chi connectivity index (χ1n) is 6.66. The van der Waals surface area contributed by atoms with Gasteiger partial charge in [0, 0.05) is 26.2 Å². The van der Waals surface area contributed by atoms with Gasteiger partial charge in [0.1, 0.15) is 0 Å². The summed E-state index contributed by atoms with van der Waals surface area (Å²) in [6.07, 6.45) is 3.71. The maximum absolute atomic E-state index is 11.9. The van der Waals surface area contributed by atoms with Gasteiger partial charge in [0.05, 0.1) is 0 Å². The van der Waals surface area contributed by atoms with Gasteiger partial charge < -0.3 is 9.80 Å². The average Bonchev–Trinajstić information content (AvgIpc) is 2.21. The predicted molar refractivity (Wildman–Crippen MR) is 65.3 cm³/mol. The molecule has 0 N–H and O–H groups in total. The monoisotopic (exact) mass is 238 g/mol. The maximum Gasteiger partial charge on any atom is 0.312 e. The second-order valence-corrected chi connectivity index (χ2v) is 5.69. The van der Waals surface area contributed by atoms with Gasteiger partial charge in [-0.25, -0.2) is 0 Å². The molecule has 0 atom stereocenters. The molecule has 0 radical (unpaired) electrons. The van der Waals surface area contributed by atoms with Gasteiger partial charge in [-0.3, -0.25) is 9.59 Å². The Labute approximate surface area is 103 Å². The number of carbonyl (C=O) groups excluding carboxylic acids is 2. The standard InChI is InChI=1S/C13H22N2O2/c1-10(2)8-14-6-7-15(13(17)12(14)16)9-11-4-3-5-11/h10-11H,3-9H2,1-2H3. The largest absolute Gasteiger partial charge is 0.332 e. The number of amides is 2. The molecule has 0 spiro atoms. The Balaban J connectivity index is 1.88. The lowest BCUT2D eigenvalue weighted by atomic mass is 9.85. The highest BCUT2D eigenvalue weighted by molar-refractivity contribution is 6.35. The molecular formula is C13H22N2O2. The number of hydrogen-bond acceptors (Lipinski definition) is 2. The van der Waals surface area contributed by atoms with Crippen molar-refractivity contribution in [2.45, 2.75) is 33.1 Å². The number of nitrogens with zero attached hydrogens (tertiary/aromatic N) is 2. The number of piperazine rings is 1. The molecule has 2 fully saturated rings. The lowest BCUT2D eigenvalue weighted by Crippen LogP contribution is -2.56. The van der Waals surface area contributed by atoms with E-state index in [1.807, 2.05) is 0 Å². The van der Waals surface area contributed by atoms with Crippen molar-refractivity contribution in [3.63, 3.8) is 0 Å². The quantitative estimate of drug-likeness (QED) is 0.688. The van der Waals surface area contributed by atoms with Crippen LogP contribution >= 0.6 is 0 Å². The molecule has 0 bridgehead atoms. The Hall–Kier alpha value is -1.06. The lowest BCUT2D eigenvalue weighted by molar-refractivity contribution is -0.157. The van der Waals surface area contributed by atoms with E-state index in [-0.39, 0.29) is 11.8 Å². The van der Waals surface area contributed by atoms with Crippen LogP contribution in [0.5, 0.6) is 0 Å². The molecule has 1 saturated heterocycles. The minimum Gasteiger partial charge on any atom is -0.332 e. The molecule has 2 rings (SSSR count). The van der Waals surface area contributed by atoms with Crippen molar-refractivity contribution in [2.24, 2.45) is 11.8 Å². The van der Waals surface area contributed by atoms with Gasteiger partial charge in [-0.2, -0.15) is 0 Å². The van der Waals surface area contributed by atoms with Crippen molar-refractivity contribution < 1.29 is 9.59 Å². The average molecular weight is 238 g/mol. The Morgan fingerprint density at radius 3 is 2.24 bits per heavy atom. The molecule has 4 nitrogen and oxygen atoms in total. The summed E-state index contributed by atoms with van der Waals surface area (Å²) in [6, 6.07) is 0. The second kappa shape index (κ2) is 5.07. The molecule has 4 heteroatoms. The molecule has 0 unspecified atom stereocenters. The first-order valence-corrected chi connectivity index (χ1v) is 6.66. The highest BCUT2D eigenvalue weighted by atomic mass is 16.2. The summed E-state index contributed by atoms with van der Waals surface area (Å²) in [5.41, 5.74) is 0. The van der Waals surface area contributed by atoms with Gasteiger partial charge >= 0.3 is 11.8 Å². The van der Waals surface area contributed by atoms with Crippen LogP contribution in [0.2, 0.25) is 0 Å². The van der Waals surface area contributed by atoms with E-state index in [9.17, 15) is 9.59 Å². The fourth-order valence-corrected chi connectivity index (χ4v) is 2.49. The van der Waals surface area contributed by atoms with Gasteiger partial charge in [0.15, 0.2) is 0 Å². The smallest absolute Gasteiger partial charge is 0.312 e. The van der Waals surface area contributed by atoms with Crippen LogP contribution in [0, 0.1) is 11.8 Å². The van der Waals surface area contributed by atoms with E-state index in [1.54, 1.807) is 9.80 Å². The molecule has 1 heterocycles. The van der Waals surface area contributed by atoms with Crippen LogP contribution in [0.1, 0.15) is 33.1 Å². The van der Waals surface area contributed by atoms with Gasteiger partial charge in [0.2, 0.25) is 0 Å². The Kier molecular flexibility index (Phi) is 3.69. The Morgan fingerprint density at radius 2 is 1.71 bits per heavy atom. The zero-order chi connectivity index (χ0) is 12.4. The molecule has 96 valence electrons. The Bertz CT molecular complexity index is 311. The van der Waals surface area contributed by atoms with Crippen molar-refractivity contribution in [3.8, 4) is 0 Å². The number of carbonyl (C=O) groups is 2. The van der Waals surface area contributed by atoms with E-state index in [0.29, 0.717) is 31.5 Å². The summed E-state index contributed by atoms with van der Waals surface area (Å²) in [5.74, 6) is 0.474. The normalized spacial score (nSPS) is 22.3. The van der Waals surface area contributed by atoms with Gasteiger partial charge in [-0.05, 0) is 24.7 Å².